The van der Waals surface area contributed by atoms with Crippen molar-refractivity contribution in [3.05, 3.63) is 29.8 Å². The molecule has 1 saturated heterocycles. The molecule has 6 nitrogen and oxygen atoms in total. The number of urea groups is 1. The van der Waals surface area contributed by atoms with Gasteiger partial charge in [0, 0.05) is 19.6 Å². The Kier molecular flexibility index (Phi) is 5.63. The van der Waals surface area contributed by atoms with E-state index < -0.39 is 11.9 Å². The number of carbonyl (C=O) groups is 2. The molecule has 2 amide bonds. The first-order valence-corrected chi connectivity index (χ1v) is 7.51. The second-order valence-electron chi connectivity index (χ2n) is 5.52. The number of amides is 2. The highest BCUT2D eigenvalue weighted by Gasteiger charge is 2.30. The second-order valence-corrected chi connectivity index (χ2v) is 5.52. The number of nitrogens with zero attached hydrogens (tertiary/aromatic N) is 1. The normalized spacial score (nSPS) is 17.3. The summed E-state index contributed by atoms with van der Waals surface area (Å²) in [6.07, 6.45) is 1.23. The summed E-state index contributed by atoms with van der Waals surface area (Å²) in [5, 5.41) is 11.7. The highest BCUT2D eigenvalue weighted by molar-refractivity contribution is 5.77. The summed E-state index contributed by atoms with van der Waals surface area (Å²) in [5.74, 6) is -0.446. The largest absolute Gasteiger partial charge is 0.494 e. The maximum Gasteiger partial charge on any atom is 0.317 e. The molecule has 6 heteroatoms. The van der Waals surface area contributed by atoms with Crippen LogP contribution in [0.2, 0.25) is 0 Å². The van der Waals surface area contributed by atoms with Crippen molar-refractivity contribution in [3.63, 3.8) is 0 Å². The van der Waals surface area contributed by atoms with Crippen LogP contribution in [-0.4, -0.2) is 48.2 Å². The van der Waals surface area contributed by atoms with E-state index >= 15 is 0 Å². The van der Waals surface area contributed by atoms with Crippen LogP contribution in [0.5, 0.6) is 5.75 Å². The van der Waals surface area contributed by atoms with Crippen LogP contribution in [0.4, 0.5) is 4.79 Å². The van der Waals surface area contributed by atoms with Gasteiger partial charge in [-0.25, -0.2) is 4.79 Å². The van der Waals surface area contributed by atoms with Gasteiger partial charge in [-0.2, -0.15) is 0 Å². The van der Waals surface area contributed by atoms with E-state index in [-0.39, 0.29) is 6.03 Å². The van der Waals surface area contributed by atoms with Gasteiger partial charge in [-0.3, -0.25) is 4.79 Å². The standard InChI is InChI=1S/C16H22N2O4/c1-12-3-5-14(6-4-12)22-10-2-8-17-16(21)18-9-7-13(11-18)15(19)20/h3-6,13H,2,7-11H2,1H3,(H,17,21)(H,19,20). The zero-order chi connectivity index (χ0) is 15.9. The van der Waals surface area contributed by atoms with Crippen molar-refractivity contribution in [1.82, 2.24) is 10.2 Å². The number of likely N-dealkylation sites (tertiary alicyclic amines) is 1. The van der Waals surface area contributed by atoms with Crippen LogP contribution >= 0.6 is 0 Å². The molecule has 0 radical (unpaired) electrons. The molecule has 0 spiro atoms. The molecule has 1 aliphatic rings. The lowest BCUT2D eigenvalue weighted by Gasteiger charge is -2.16. The minimum atomic E-state index is -0.832. The number of carbonyl (C=O) groups excluding carboxylic acids is 1. The first kappa shape index (κ1) is 16.1. The van der Waals surface area contributed by atoms with E-state index in [1.54, 1.807) is 4.90 Å². The summed E-state index contributed by atoms with van der Waals surface area (Å²) in [6.45, 7) is 3.86. The van der Waals surface area contributed by atoms with E-state index in [1.807, 2.05) is 31.2 Å². The Labute approximate surface area is 130 Å². The third-order valence-corrected chi connectivity index (χ3v) is 3.71. The molecule has 1 aromatic rings. The SMILES string of the molecule is Cc1ccc(OCCCNC(=O)N2CCC(C(=O)O)C2)cc1. The molecule has 22 heavy (non-hydrogen) atoms. The molecule has 120 valence electrons. The van der Waals surface area contributed by atoms with Crippen molar-refractivity contribution in [1.29, 1.82) is 0 Å². The fraction of sp³-hybridized carbons (Fsp3) is 0.500. The molecule has 1 fully saturated rings. The van der Waals surface area contributed by atoms with Crippen LogP contribution in [0.25, 0.3) is 0 Å². The number of hydrogen-bond donors (Lipinski definition) is 2. The van der Waals surface area contributed by atoms with Crippen molar-refractivity contribution in [2.75, 3.05) is 26.2 Å². The molecule has 0 bridgehead atoms. The Balaban J connectivity index is 1.59. The molecule has 1 aliphatic heterocycles. The number of carboxylic acid groups (broad SMARTS) is 1. The highest BCUT2D eigenvalue weighted by atomic mass is 16.5. The molecule has 0 aromatic heterocycles. The Morgan fingerprint density at radius 3 is 2.73 bits per heavy atom. The summed E-state index contributed by atoms with van der Waals surface area (Å²) < 4.78 is 5.57. The lowest BCUT2D eigenvalue weighted by atomic mass is 10.1. The molecular weight excluding hydrogens is 284 g/mol. The van der Waals surface area contributed by atoms with Crippen LogP contribution in [0, 0.1) is 12.8 Å². The van der Waals surface area contributed by atoms with Gasteiger partial charge in [-0.05, 0) is 31.9 Å². The summed E-state index contributed by atoms with van der Waals surface area (Å²) in [5.41, 5.74) is 1.19. The van der Waals surface area contributed by atoms with Crippen LogP contribution in [0.15, 0.2) is 24.3 Å². The number of benzene rings is 1. The number of nitrogens with one attached hydrogen (secondary N) is 1. The summed E-state index contributed by atoms with van der Waals surface area (Å²) >= 11 is 0. The van der Waals surface area contributed by atoms with Crippen LogP contribution in [0.3, 0.4) is 0 Å². The predicted octanol–water partition coefficient (Wildman–Crippen LogP) is 1.88. The predicted molar refractivity (Wildman–Crippen MR) is 82.0 cm³/mol. The van der Waals surface area contributed by atoms with Crippen molar-refractivity contribution in [2.45, 2.75) is 19.8 Å². The first-order chi connectivity index (χ1) is 10.6. The summed E-state index contributed by atoms with van der Waals surface area (Å²) in [4.78, 5) is 24.3. The summed E-state index contributed by atoms with van der Waals surface area (Å²) in [7, 11) is 0. The Hall–Kier alpha value is -2.24. The zero-order valence-corrected chi connectivity index (χ0v) is 12.7. The molecular formula is C16H22N2O4. The van der Waals surface area contributed by atoms with Gasteiger partial charge in [0.25, 0.3) is 0 Å². The number of hydrogen-bond acceptors (Lipinski definition) is 3. The molecule has 1 aromatic carbocycles. The Bertz CT molecular complexity index is 515. The van der Waals surface area contributed by atoms with Gasteiger partial charge in [0.2, 0.25) is 0 Å². The zero-order valence-electron chi connectivity index (χ0n) is 12.7. The van der Waals surface area contributed by atoms with Crippen molar-refractivity contribution < 1.29 is 19.4 Å². The van der Waals surface area contributed by atoms with E-state index in [4.69, 9.17) is 9.84 Å². The summed E-state index contributed by atoms with van der Waals surface area (Å²) in [6, 6.07) is 7.63. The number of ether oxygens (including phenoxy) is 1. The average molecular weight is 306 g/mol. The lowest BCUT2D eigenvalue weighted by molar-refractivity contribution is -0.141. The van der Waals surface area contributed by atoms with E-state index in [2.05, 4.69) is 5.32 Å². The van der Waals surface area contributed by atoms with E-state index in [0.717, 1.165) is 5.75 Å². The van der Waals surface area contributed by atoms with Crippen molar-refractivity contribution >= 4 is 12.0 Å². The minimum Gasteiger partial charge on any atom is -0.494 e. The van der Waals surface area contributed by atoms with Crippen LogP contribution in [-0.2, 0) is 4.79 Å². The van der Waals surface area contributed by atoms with Crippen LogP contribution < -0.4 is 10.1 Å². The van der Waals surface area contributed by atoms with Gasteiger partial charge in [-0.15, -0.1) is 0 Å². The molecule has 2 N–H and O–H groups in total. The average Bonchev–Trinajstić information content (AvgIpc) is 2.99. The topological polar surface area (TPSA) is 78.9 Å². The molecule has 0 aliphatic carbocycles. The third kappa shape index (κ3) is 4.65. The maximum absolute atomic E-state index is 11.9. The minimum absolute atomic E-state index is 0.195. The van der Waals surface area contributed by atoms with Gasteiger partial charge < -0.3 is 20.1 Å². The van der Waals surface area contributed by atoms with Gasteiger partial charge >= 0.3 is 12.0 Å². The maximum atomic E-state index is 11.9. The van der Waals surface area contributed by atoms with E-state index in [0.29, 0.717) is 39.1 Å². The molecule has 0 saturated carbocycles. The molecule has 2 rings (SSSR count). The Morgan fingerprint density at radius 2 is 2.09 bits per heavy atom. The molecule has 1 heterocycles. The number of aryl methyl sites for hydroxylation is 1. The molecule has 1 atom stereocenters. The number of carboxylic acids is 1. The number of rotatable bonds is 6. The number of aliphatic carboxylic acids is 1. The first-order valence-electron chi connectivity index (χ1n) is 7.51. The van der Waals surface area contributed by atoms with Gasteiger partial charge in [0.05, 0.1) is 12.5 Å². The molecule has 1 unspecified atom stereocenters. The third-order valence-electron chi connectivity index (χ3n) is 3.71. The fourth-order valence-corrected chi connectivity index (χ4v) is 2.35. The smallest absolute Gasteiger partial charge is 0.317 e. The quantitative estimate of drug-likeness (QED) is 0.787. The van der Waals surface area contributed by atoms with Crippen molar-refractivity contribution in [2.24, 2.45) is 5.92 Å². The van der Waals surface area contributed by atoms with Gasteiger partial charge in [0.15, 0.2) is 0 Å². The fourth-order valence-electron chi connectivity index (χ4n) is 2.35. The van der Waals surface area contributed by atoms with Gasteiger partial charge in [0.1, 0.15) is 5.75 Å². The van der Waals surface area contributed by atoms with Gasteiger partial charge in [-0.1, -0.05) is 17.7 Å². The second kappa shape index (κ2) is 7.68. The van der Waals surface area contributed by atoms with E-state index in [9.17, 15) is 9.59 Å². The Morgan fingerprint density at radius 1 is 1.36 bits per heavy atom. The van der Waals surface area contributed by atoms with Crippen LogP contribution in [0.1, 0.15) is 18.4 Å². The lowest BCUT2D eigenvalue weighted by Crippen LogP contribution is -2.39. The van der Waals surface area contributed by atoms with E-state index in [1.165, 1.54) is 5.56 Å². The van der Waals surface area contributed by atoms with Crippen molar-refractivity contribution in [3.8, 4) is 5.75 Å². The highest BCUT2D eigenvalue weighted by Crippen LogP contribution is 2.16. The monoisotopic (exact) mass is 306 g/mol.